The van der Waals surface area contributed by atoms with E-state index in [0.717, 1.165) is 17.1 Å². The molecule has 2 atom stereocenters. The molecule has 1 aliphatic rings. The first kappa shape index (κ1) is 19.5. The summed E-state index contributed by atoms with van der Waals surface area (Å²) in [6, 6.07) is 1.31. The zero-order chi connectivity index (χ0) is 19.0. The van der Waals surface area contributed by atoms with Gasteiger partial charge in [-0.2, -0.15) is 0 Å². The number of amides is 1. The Morgan fingerprint density at radius 3 is 2.56 bits per heavy atom. The maximum Gasteiger partial charge on any atom is 0.308 e. The van der Waals surface area contributed by atoms with Crippen molar-refractivity contribution < 1.29 is 23.1 Å². The van der Waals surface area contributed by atoms with Crippen LogP contribution in [0.4, 0.5) is 0 Å². The Hall–Kier alpha value is -1.87. The summed E-state index contributed by atoms with van der Waals surface area (Å²) in [5.74, 6) is -2.06. The summed E-state index contributed by atoms with van der Waals surface area (Å²) >= 11 is 0. The number of aliphatic carboxylic acids is 1. The second kappa shape index (κ2) is 6.80. The summed E-state index contributed by atoms with van der Waals surface area (Å²) in [4.78, 5) is 24.2. The van der Waals surface area contributed by atoms with E-state index in [9.17, 15) is 23.1 Å². The number of hydrogen-bond donors (Lipinski definition) is 2. The van der Waals surface area contributed by atoms with E-state index in [4.69, 9.17) is 0 Å². The topological polar surface area (TPSA) is 109 Å². The molecule has 1 amide bonds. The van der Waals surface area contributed by atoms with Crippen molar-refractivity contribution in [2.75, 3.05) is 14.1 Å². The summed E-state index contributed by atoms with van der Waals surface area (Å²) in [7, 11) is 0.777. The molecule has 0 aromatic carbocycles. The molecule has 8 nitrogen and oxygen atoms in total. The van der Waals surface area contributed by atoms with E-state index in [2.05, 4.69) is 5.32 Å². The summed E-state index contributed by atoms with van der Waals surface area (Å²) < 4.78 is 26.9. The standard InChI is InChI=1S/C16H25N3O5S/c1-16(8-6-5-7-12(16)15(21)22)17-14(20)13-9-11(10-19(13)4)25(23,24)18(2)3/h9-10,12H,5-8H2,1-4H3,(H,17,20)(H,21,22). The molecule has 2 unspecified atom stereocenters. The molecule has 1 aromatic rings. The highest BCUT2D eigenvalue weighted by Crippen LogP contribution is 2.34. The quantitative estimate of drug-likeness (QED) is 0.804. The van der Waals surface area contributed by atoms with Crippen LogP contribution in [0.5, 0.6) is 0 Å². The third kappa shape index (κ3) is 3.72. The Kier molecular flexibility index (Phi) is 5.29. The van der Waals surface area contributed by atoms with Gasteiger partial charge in [-0.3, -0.25) is 9.59 Å². The molecule has 9 heteroatoms. The number of sulfonamides is 1. The fraction of sp³-hybridized carbons (Fsp3) is 0.625. The zero-order valence-electron chi connectivity index (χ0n) is 14.9. The van der Waals surface area contributed by atoms with Crippen molar-refractivity contribution in [3.8, 4) is 0 Å². The lowest BCUT2D eigenvalue weighted by molar-refractivity contribution is -0.145. The van der Waals surface area contributed by atoms with Crippen LogP contribution in [0.25, 0.3) is 0 Å². The van der Waals surface area contributed by atoms with Crippen LogP contribution < -0.4 is 5.32 Å². The van der Waals surface area contributed by atoms with Gasteiger partial charge < -0.3 is 15.0 Å². The van der Waals surface area contributed by atoms with Crippen molar-refractivity contribution >= 4 is 21.9 Å². The molecule has 25 heavy (non-hydrogen) atoms. The van der Waals surface area contributed by atoms with Gasteiger partial charge in [0, 0.05) is 27.3 Å². The number of rotatable bonds is 5. The normalized spacial score (nSPS) is 24.3. The molecule has 0 spiro atoms. The van der Waals surface area contributed by atoms with Gasteiger partial charge in [0.2, 0.25) is 10.0 Å². The van der Waals surface area contributed by atoms with Crippen LogP contribution in [-0.2, 0) is 21.9 Å². The first-order valence-electron chi connectivity index (χ1n) is 8.13. The minimum atomic E-state index is -3.65. The largest absolute Gasteiger partial charge is 0.481 e. The van der Waals surface area contributed by atoms with Crippen LogP contribution in [0.2, 0.25) is 0 Å². The summed E-state index contributed by atoms with van der Waals surface area (Å²) in [5.41, 5.74) is -0.678. The number of nitrogens with one attached hydrogen (secondary N) is 1. The number of carboxylic acid groups (broad SMARTS) is 1. The number of nitrogens with zero attached hydrogens (tertiary/aromatic N) is 2. The molecule has 1 aromatic heterocycles. The average molecular weight is 371 g/mol. The van der Waals surface area contributed by atoms with Gasteiger partial charge in [0.05, 0.1) is 11.5 Å². The molecular formula is C16H25N3O5S. The molecule has 2 N–H and O–H groups in total. The molecule has 0 aliphatic heterocycles. The second-order valence-electron chi connectivity index (χ2n) is 6.97. The fourth-order valence-electron chi connectivity index (χ4n) is 3.31. The van der Waals surface area contributed by atoms with Crippen LogP contribution in [0.15, 0.2) is 17.2 Å². The van der Waals surface area contributed by atoms with Crippen LogP contribution in [0.3, 0.4) is 0 Å². The Balaban J connectivity index is 2.29. The molecule has 0 radical (unpaired) electrons. The molecule has 2 rings (SSSR count). The van der Waals surface area contributed by atoms with E-state index < -0.39 is 33.4 Å². The Morgan fingerprint density at radius 2 is 2.00 bits per heavy atom. The summed E-state index contributed by atoms with van der Waals surface area (Å²) in [5, 5.41) is 12.3. The third-order valence-corrected chi connectivity index (χ3v) is 6.68. The van der Waals surface area contributed by atoms with Crippen molar-refractivity contribution in [2.24, 2.45) is 13.0 Å². The van der Waals surface area contributed by atoms with Gasteiger partial charge >= 0.3 is 5.97 Å². The van der Waals surface area contributed by atoms with Crippen molar-refractivity contribution in [2.45, 2.75) is 43.0 Å². The van der Waals surface area contributed by atoms with Crippen molar-refractivity contribution in [3.63, 3.8) is 0 Å². The number of carbonyl (C=O) groups is 2. The van der Waals surface area contributed by atoms with E-state index in [1.165, 1.54) is 30.9 Å². The lowest BCUT2D eigenvalue weighted by atomic mass is 9.74. The monoisotopic (exact) mass is 371 g/mol. The second-order valence-corrected chi connectivity index (χ2v) is 9.12. The van der Waals surface area contributed by atoms with Crippen molar-refractivity contribution in [1.82, 2.24) is 14.2 Å². The number of carboxylic acids is 1. The predicted molar refractivity (Wildman–Crippen MR) is 91.8 cm³/mol. The van der Waals surface area contributed by atoms with Gasteiger partial charge in [-0.1, -0.05) is 12.8 Å². The Bertz CT molecular complexity index is 784. The Morgan fingerprint density at radius 1 is 1.36 bits per heavy atom. The van der Waals surface area contributed by atoms with E-state index >= 15 is 0 Å². The van der Waals surface area contributed by atoms with E-state index in [1.54, 1.807) is 14.0 Å². The summed E-state index contributed by atoms with van der Waals surface area (Å²) in [6.45, 7) is 1.74. The van der Waals surface area contributed by atoms with Gasteiger partial charge in [0.25, 0.3) is 5.91 Å². The SMILES string of the molecule is CN(C)S(=O)(=O)c1cc(C(=O)NC2(C)CCCCC2C(=O)O)n(C)c1. The smallest absolute Gasteiger partial charge is 0.308 e. The maximum absolute atomic E-state index is 12.7. The summed E-state index contributed by atoms with van der Waals surface area (Å²) in [6.07, 6.45) is 4.12. The molecule has 1 aliphatic carbocycles. The van der Waals surface area contributed by atoms with Crippen LogP contribution in [0.1, 0.15) is 43.1 Å². The molecule has 140 valence electrons. The predicted octanol–water partition coefficient (Wildman–Crippen LogP) is 1.04. The van der Waals surface area contributed by atoms with E-state index in [0.29, 0.717) is 12.8 Å². The third-order valence-electron chi connectivity index (χ3n) is 4.90. The van der Waals surface area contributed by atoms with Crippen LogP contribution >= 0.6 is 0 Å². The number of hydrogen-bond acceptors (Lipinski definition) is 4. The van der Waals surface area contributed by atoms with Crippen molar-refractivity contribution in [3.05, 3.63) is 18.0 Å². The lowest BCUT2D eigenvalue weighted by Crippen LogP contribution is -2.55. The maximum atomic E-state index is 12.7. The highest BCUT2D eigenvalue weighted by atomic mass is 32.2. The zero-order valence-corrected chi connectivity index (χ0v) is 15.8. The Labute approximate surface area is 147 Å². The van der Waals surface area contributed by atoms with Gasteiger partial charge in [0.1, 0.15) is 10.6 Å². The number of aryl methyl sites for hydroxylation is 1. The first-order valence-corrected chi connectivity index (χ1v) is 9.57. The number of aromatic nitrogens is 1. The minimum absolute atomic E-state index is 0.0220. The van der Waals surface area contributed by atoms with E-state index in [1.807, 2.05) is 0 Å². The molecule has 0 bridgehead atoms. The molecule has 1 saturated carbocycles. The molecule has 1 fully saturated rings. The van der Waals surface area contributed by atoms with Gasteiger partial charge in [-0.05, 0) is 25.8 Å². The molecule has 1 heterocycles. The van der Waals surface area contributed by atoms with Gasteiger partial charge in [-0.15, -0.1) is 0 Å². The highest BCUT2D eigenvalue weighted by molar-refractivity contribution is 7.89. The average Bonchev–Trinajstić information content (AvgIpc) is 2.89. The van der Waals surface area contributed by atoms with Gasteiger partial charge in [-0.25, -0.2) is 12.7 Å². The van der Waals surface area contributed by atoms with E-state index in [-0.39, 0.29) is 10.6 Å². The first-order chi connectivity index (χ1) is 11.5. The minimum Gasteiger partial charge on any atom is -0.481 e. The van der Waals surface area contributed by atoms with Crippen LogP contribution in [-0.4, -0.2) is 53.9 Å². The van der Waals surface area contributed by atoms with Gasteiger partial charge in [0.15, 0.2) is 0 Å². The molecular weight excluding hydrogens is 346 g/mol. The molecule has 0 saturated heterocycles. The van der Waals surface area contributed by atoms with Crippen molar-refractivity contribution in [1.29, 1.82) is 0 Å². The highest BCUT2D eigenvalue weighted by Gasteiger charge is 2.42. The van der Waals surface area contributed by atoms with Crippen LogP contribution in [0, 0.1) is 5.92 Å². The number of carbonyl (C=O) groups excluding carboxylic acids is 1. The lowest BCUT2D eigenvalue weighted by Gasteiger charge is -2.39. The fourth-order valence-corrected chi connectivity index (χ4v) is 4.29.